The van der Waals surface area contributed by atoms with Gasteiger partial charge in [-0.3, -0.25) is 4.79 Å². The van der Waals surface area contributed by atoms with Gasteiger partial charge in [-0.2, -0.15) is 0 Å². The zero-order chi connectivity index (χ0) is 15.4. The second kappa shape index (κ2) is 6.09. The quantitative estimate of drug-likeness (QED) is 0.771. The van der Waals surface area contributed by atoms with Crippen LogP contribution in [-0.2, 0) is 0 Å². The fourth-order valence-electron chi connectivity index (χ4n) is 1.95. The highest BCUT2D eigenvalue weighted by molar-refractivity contribution is 6.02. The second-order valence-corrected chi connectivity index (χ2v) is 4.68. The van der Waals surface area contributed by atoms with Crippen molar-refractivity contribution in [2.75, 3.05) is 10.6 Å². The number of benzene rings is 1. The summed E-state index contributed by atoms with van der Waals surface area (Å²) in [6.45, 7) is 1.90. The minimum Gasteiger partial charge on any atom is -0.459 e. The van der Waals surface area contributed by atoms with Gasteiger partial charge in [0.15, 0.2) is 5.76 Å². The van der Waals surface area contributed by atoms with E-state index >= 15 is 0 Å². The Morgan fingerprint density at radius 3 is 2.73 bits per heavy atom. The molecule has 0 unspecified atom stereocenters. The summed E-state index contributed by atoms with van der Waals surface area (Å²) < 4.78 is 5.06. The molecule has 3 rings (SSSR count). The van der Waals surface area contributed by atoms with E-state index in [9.17, 15) is 4.79 Å². The molecule has 3 aromatic rings. The number of carbonyl (C=O) groups excluding carboxylic acids is 1. The molecular formula is C16H14N4O2. The number of rotatable bonds is 4. The zero-order valence-corrected chi connectivity index (χ0v) is 11.9. The number of amides is 1. The monoisotopic (exact) mass is 294 g/mol. The minimum absolute atomic E-state index is 0.268. The first kappa shape index (κ1) is 13.8. The number of nitrogens with one attached hydrogen (secondary N) is 2. The van der Waals surface area contributed by atoms with Crippen LogP contribution >= 0.6 is 0 Å². The summed E-state index contributed by atoms with van der Waals surface area (Å²) in [5, 5.41) is 5.94. The average Bonchev–Trinajstić information content (AvgIpc) is 3.02. The van der Waals surface area contributed by atoms with Crippen LogP contribution in [0.15, 0.2) is 59.5 Å². The van der Waals surface area contributed by atoms with Gasteiger partial charge in [-0.15, -0.1) is 0 Å². The molecule has 0 spiro atoms. The van der Waals surface area contributed by atoms with E-state index in [0.717, 1.165) is 11.4 Å². The first-order valence-corrected chi connectivity index (χ1v) is 6.71. The lowest BCUT2D eigenvalue weighted by Crippen LogP contribution is -2.10. The Bertz CT molecular complexity index is 784. The molecule has 0 saturated heterocycles. The Morgan fingerprint density at radius 2 is 1.95 bits per heavy atom. The van der Waals surface area contributed by atoms with Gasteiger partial charge in [0, 0.05) is 23.1 Å². The van der Waals surface area contributed by atoms with Crippen LogP contribution in [0.4, 0.5) is 17.2 Å². The Morgan fingerprint density at radius 1 is 1.09 bits per heavy atom. The number of aryl methyl sites for hydroxylation is 1. The van der Waals surface area contributed by atoms with Gasteiger partial charge < -0.3 is 15.1 Å². The molecule has 22 heavy (non-hydrogen) atoms. The fraction of sp³-hybridized carbons (Fsp3) is 0.0625. The normalized spacial score (nSPS) is 10.2. The molecule has 0 fully saturated rings. The molecule has 0 aliphatic carbocycles. The number of carbonyl (C=O) groups is 1. The number of nitrogens with zero attached hydrogens (tertiary/aromatic N) is 2. The highest BCUT2D eigenvalue weighted by atomic mass is 16.3. The molecule has 2 heterocycles. The Labute approximate surface area is 127 Å². The number of aromatic nitrogens is 2. The summed E-state index contributed by atoms with van der Waals surface area (Å²) in [7, 11) is 0. The van der Waals surface area contributed by atoms with Crippen molar-refractivity contribution < 1.29 is 9.21 Å². The summed E-state index contributed by atoms with van der Waals surface area (Å²) in [6.07, 6.45) is 2.96. The summed E-state index contributed by atoms with van der Waals surface area (Å²) in [6, 6.07) is 12.5. The van der Waals surface area contributed by atoms with Gasteiger partial charge >= 0.3 is 0 Å². The van der Waals surface area contributed by atoms with Crippen LogP contribution in [0.1, 0.15) is 16.2 Å². The van der Waals surface area contributed by atoms with Crippen LogP contribution in [0, 0.1) is 6.92 Å². The Kier molecular flexibility index (Phi) is 3.82. The van der Waals surface area contributed by atoms with Crippen LogP contribution < -0.4 is 10.6 Å². The van der Waals surface area contributed by atoms with Gasteiger partial charge in [0.2, 0.25) is 0 Å². The van der Waals surface area contributed by atoms with E-state index in [4.69, 9.17) is 4.42 Å². The van der Waals surface area contributed by atoms with Gasteiger partial charge in [0.25, 0.3) is 5.91 Å². The predicted octanol–water partition coefficient (Wildman–Crippen LogP) is 3.37. The molecule has 0 atom stereocenters. The lowest BCUT2D eigenvalue weighted by atomic mass is 10.2. The topological polar surface area (TPSA) is 80.0 Å². The van der Waals surface area contributed by atoms with Crippen LogP contribution in [0.5, 0.6) is 0 Å². The maximum Gasteiger partial charge on any atom is 0.291 e. The molecule has 6 heteroatoms. The molecule has 6 nitrogen and oxygen atoms in total. The molecule has 1 aromatic carbocycles. The van der Waals surface area contributed by atoms with E-state index in [1.807, 2.05) is 31.2 Å². The van der Waals surface area contributed by atoms with Gasteiger partial charge in [-0.05, 0) is 37.3 Å². The van der Waals surface area contributed by atoms with Crippen LogP contribution in [-0.4, -0.2) is 15.9 Å². The largest absolute Gasteiger partial charge is 0.459 e. The number of hydrogen-bond donors (Lipinski definition) is 2. The molecule has 0 radical (unpaired) electrons. The van der Waals surface area contributed by atoms with Crippen molar-refractivity contribution in [3.63, 3.8) is 0 Å². The van der Waals surface area contributed by atoms with Crippen LogP contribution in [0.2, 0.25) is 0 Å². The standard InChI is InChI=1S/C16H14N4O2/c1-11-8-15(18-10-17-11)19-12-4-2-5-13(9-12)20-16(21)14-6-3-7-22-14/h2-10H,1H3,(H,20,21)(H,17,18,19). The van der Waals surface area contributed by atoms with Crippen LogP contribution in [0.3, 0.4) is 0 Å². The van der Waals surface area contributed by atoms with Gasteiger partial charge in [0.1, 0.15) is 12.1 Å². The Balaban J connectivity index is 1.74. The number of anilines is 3. The molecule has 0 saturated carbocycles. The molecule has 0 aliphatic rings. The third-order valence-corrected chi connectivity index (χ3v) is 2.94. The number of hydrogen-bond acceptors (Lipinski definition) is 5. The summed E-state index contributed by atoms with van der Waals surface area (Å²) in [4.78, 5) is 20.1. The zero-order valence-electron chi connectivity index (χ0n) is 11.9. The smallest absolute Gasteiger partial charge is 0.291 e. The van der Waals surface area contributed by atoms with Crippen molar-refractivity contribution >= 4 is 23.1 Å². The van der Waals surface area contributed by atoms with Crippen molar-refractivity contribution in [2.45, 2.75) is 6.92 Å². The Hall–Kier alpha value is -3.15. The SMILES string of the molecule is Cc1cc(Nc2cccc(NC(=O)c3ccco3)c2)ncn1. The molecule has 2 aromatic heterocycles. The minimum atomic E-state index is -0.292. The van der Waals surface area contributed by atoms with Gasteiger partial charge in [-0.25, -0.2) is 9.97 Å². The van der Waals surface area contributed by atoms with Crippen molar-refractivity contribution in [2.24, 2.45) is 0 Å². The van der Waals surface area contributed by atoms with E-state index < -0.39 is 0 Å². The van der Waals surface area contributed by atoms with Crippen molar-refractivity contribution in [1.82, 2.24) is 9.97 Å². The maximum absolute atomic E-state index is 11.9. The molecular weight excluding hydrogens is 280 g/mol. The van der Waals surface area contributed by atoms with Gasteiger partial charge in [0.05, 0.1) is 6.26 Å². The van der Waals surface area contributed by atoms with Crippen molar-refractivity contribution in [3.05, 3.63) is 66.5 Å². The fourth-order valence-corrected chi connectivity index (χ4v) is 1.95. The summed E-state index contributed by atoms with van der Waals surface area (Å²) >= 11 is 0. The second-order valence-electron chi connectivity index (χ2n) is 4.68. The molecule has 0 bridgehead atoms. The summed E-state index contributed by atoms with van der Waals surface area (Å²) in [5.74, 6) is 0.673. The molecule has 2 N–H and O–H groups in total. The van der Waals surface area contributed by atoms with Crippen molar-refractivity contribution in [3.8, 4) is 0 Å². The third kappa shape index (κ3) is 3.29. The highest BCUT2D eigenvalue weighted by Gasteiger charge is 2.08. The first-order valence-electron chi connectivity index (χ1n) is 6.71. The maximum atomic E-state index is 11.9. The summed E-state index contributed by atoms with van der Waals surface area (Å²) in [5.41, 5.74) is 2.35. The van der Waals surface area contributed by atoms with E-state index in [1.54, 1.807) is 18.2 Å². The highest BCUT2D eigenvalue weighted by Crippen LogP contribution is 2.19. The first-order chi connectivity index (χ1) is 10.7. The van der Waals surface area contributed by atoms with E-state index in [-0.39, 0.29) is 11.7 Å². The van der Waals surface area contributed by atoms with Crippen molar-refractivity contribution in [1.29, 1.82) is 0 Å². The van der Waals surface area contributed by atoms with E-state index in [0.29, 0.717) is 11.5 Å². The molecule has 1 amide bonds. The van der Waals surface area contributed by atoms with Crippen LogP contribution in [0.25, 0.3) is 0 Å². The van der Waals surface area contributed by atoms with E-state index in [2.05, 4.69) is 20.6 Å². The lowest BCUT2D eigenvalue weighted by Gasteiger charge is -2.08. The predicted molar refractivity (Wildman–Crippen MR) is 83.2 cm³/mol. The lowest BCUT2D eigenvalue weighted by molar-refractivity contribution is 0.0996. The third-order valence-electron chi connectivity index (χ3n) is 2.94. The molecule has 110 valence electrons. The van der Waals surface area contributed by atoms with Gasteiger partial charge in [-0.1, -0.05) is 6.07 Å². The van der Waals surface area contributed by atoms with E-state index in [1.165, 1.54) is 12.6 Å². The average molecular weight is 294 g/mol. The molecule has 0 aliphatic heterocycles. The number of furan rings is 1.